The van der Waals surface area contributed by atoms with Gasteiger partial charge in [0, 0.05) is 6.04 Å². The second kappa shape index (κ2) is 8.35. The Labute approximate surface area is 160 Å². The third kappa shape index (κ3) is 4.37. The molecule has 27 heavy (non-hydrogen) atoms. The third-order valence-corrected chi connectivity index (χ3v) is 4.96. The van der Waals surface area contributed by atoms with E-state index in [0.717, 1.165) is 12.1 Å². The third-order valence-electron chi connectivity index (χ3n) is 4.96. The molecule has 0 saturated carbocycles. The van der Waals surface area contributed by atoms with Gasteiger partial charge in [-0.15, -0.1) is 0 Å². The molecule has 0 spiro atoms. The number of nitrogens with zero attached hydrogens (tertiary/aromatic N) is 1. The van der Waals surface area contributed by atoms with E-state index in [1.54, 1.807) is 4.90 Å². The molecule has 1 aliphatic heterocycles. The molecule has 2 aromatic rings. The first-order valence-electron chi connectivity index (χ1n) is 9.51. The van der Waals surface area contributed by atoms with Crippen LogP contribution in [0, 0.1) is 5.92 Å². The topological polar surface area (TPSA) is 61.4 Å². The van der Waals surface area contributed by atoms with Crippen LogP contribution in [-0.2, 0) is 16.0 Å². The predicted molar refractivity (Wildman–Crippen MR) is 109 cm³/mol. The van der Waals surface area contributed by atoms with Gasteiger partial charge in [-0.2, -0.15) is 0 Å². The van der Waals surface area contributed by atoms with Crippen molar-refractivity contribution in [3.63, 3.8) is 0 Å². The van der Waals surface area contributed by atoms with Crippen LogP contribution in [0.1, 0.15) is 37.9 Å². The van der Waals surface area contributed by atoms with Crippen LogP contribution in [0.2, 0.25) is 0 Å². The number of anilines is 2. The maximum Gasteiger partial charge on any atom is 0.244 e. The lowest BCUT2D eigenvalue weighted by molar-refractivity contribution is -0.121. The Balaban J connectivity index is 1.72. The van der Waals surface area contributed by atoms with E-state index >= 15 is 0 Å². The number of para-hydroxylation sites is 2. The molecule has 0 saturated heterocycles. The highest BCUT2D eigenvalue weighted by Crippen LogP contribution is 2.29. The summed E-state index contributed by atoms with van der Waals surface area (Å²) in [6.07, 6.45) is 1.01. The molecule has 0 fully saturated rings. The number of hydrogen-bond acceptors (Lipinski definition) is 3. The van der Waals surface area contributed by atoms with Crippen LogP contribution in [0.25, 0.3) is 0 Å². The van der Waals surface area contributed by atoms with Crippen molar-refractivity contribution < 1.29 is 9.59 Å². The van der Waals surface area contributed by atoms with Crippen LogP contribution in [0.4, 0.5) is 11.4 Å². The number of hydrogen-bond donors (Lipinski definition) is 2. The maximum absolute atomic E-state index is 12.8. The fraction of sp³-hybridized carbons (Fsp3) is 0.364. The molecule has 5 nitrogen and oxygen atoms in total. The Morgan fingerprint density at radius 3 is 2.52 bits per heavy atom. The second-order valence-corrected chi connectivity index (χ2v) is 7.24. The summed E-state index contributed by atoms with van der Waals surface area (Å²) in [7, 11) is 0. The second-order valence-electron chi connectivity index (χ2n) is 7.24. The molecule has 1 heterocycles. The van der Waals surface area contributed by atoms with Gasteiger partial charge in [-0.05, 0) is 35.6 Å². The zero-order valence-electron chi connectivity index (χ0n) is 16.2. The van der Waals surface area contributed by atoms with Gasteiger partial charge in [-0.1, -0.05) is 57.2 Å². The average molecular weight is 365 g/mol. The molecular formula is C22H27N3O2. The van der Waals surface area contributed by atoms with Crippen LogP contribution in [0.15, 0.2) is 48.5 Å². The average Bonchev–Trinajstić information content (AvgIpc) is 2.67. The van der Waals surface area contributed by atoms with E-state index in [4.69, 9.17) is 0 Å². The first-order valence-corrected chi connectivity index (χ1v) is 9.51. The van der Waals surface area contributed by atoms with Crippen molar-refractivity contribution in [1.29, 1.82) is 0 Å². The smallest absolute Gasteiger partial charge is 0.244 e. The quantitative estimate of drug-likeness (QED) is 0.823. The molecule has 1 aliphatic rings. The van der Waals surface area contributed by atoms with Crippen LogP contribution >= 0.6 is 0 Å². The van der Waals surface area contributed by atoms with Crippen molar-refractivity contribution in [2.75, 3.05) is 23.3 Å². The summed E-state index contributed by atoms with van der Waals surface area (Å²) in [5.41, 5.74) is 3.90. The van der Waals surface area contributed by atoms with Crippen molar-refractivity contribution in [2.45, 2.75) is 33.2 Å². The first-order chi connectivity index (χ1) is 13.0. The lowest BCUT2D eigenvalue weighted by Gasteiger charge is -2.30. The number of fused-ring (bicyclic) bond motifs is 1. The summed E-state index contributed by atoms with van der Waals surface area (Å²) < 4.78 is 0. The van der Waals surface area contributed by atoms with E-state index in [0.29, 0.717) is 11.6 Å². The van der Waals surface area contributed by atoms with E-state index in [9.17, 15) is 9.59 Å². The minimum absolute atomic E-state index is 0.0507. The van der Waals surface area contributed by atoms with Crippen LogP contribution in [0.5, 0.6) is 0 Å². The zero-order chi connectivity index (χ0) is 19.4. The number of carbonyl (C=O) groups is 2. The minimum atomic E-state index is -0.169. The molecule has 0 aromatic heterocycles. The molecule has 2 amide bonds. The molecular weight excluding hydrogens is 338 g/mol. The number of nitrogens with one attached hydrogen (secondary N) is 2. The lowest BCUT2D eigenvalue weighted by Crippen LogP contribution is -2.46. The van der Waals surface area contributed by atoms with E-state index in [-0.39, 0.29) is 30.9 Å². The summed E-state index contributed by atoms with van der Waals surface area (Å²) in [5, 5.41) is 6.20. The summed E-state index contributed by atoms with van der Waals surface area (Å²) in [5.74, 6) is 0.0629. The van der Waals surface area contributed by atoms with E-state index in [1.807, 2.05) is 24.3 Å². The molecule has 5 heteroatoms. The zero-order valence-corrected chi connectivity index (χ0v) is 16.2. The SMILES string of the molecule is CCc1ccc([C@H](NCC(=O)N2CC(=O)Nc3ccccc32)C(C)C)cc1. The molecule has 0 bridgehead atoms. The van der Waals surface area contributed by atoms with Crippen molar-refractivity contribution in [3.05, 3.63) is 59.7 Å². The van der Waals surface area contributed by atoms with Gasteiger partial charge in [0.25, 0.3) is 0 Å². The number of benzene rings is 2. The largest absolute Gasteiger partial charge is 0.323 e. The van der Waals surface area contributed by atoms with E-state index in [1.165, 1.54) is 11.1 Å². The Kier molecular flexibility index (Phi) is 5.91. The van der Waals surface area contributed by atoms with Gasteiger partial charge >= 0.3 is 0 Å². The van der Waals surface area contributed by atoms with Crippen LogP contribution < -0.4 is 15.5 Å². The Morgan fingerprint density at radius 2 is 1.85 bits per heavy atom. The van der Waals surface area contributed by atoms with E-state index in [2.05, 4.69) is 55.7 Å². The van der Waals surface area contributed by atoms with Gasteiger partial charge in [-0.25, -0.2) is 0 Å². The fourth-order valence-electron chi connectivity index (χ4n) is 3.45. The minimum Gasteiger partial charge on any atom is -0.323 e. The van der Waals surface area contributed by atoms with Gasteiger partial charge in [0.15, 0.2) is 0 Å². The lowest BCUT2D eigenvalue weighted by atomic mass is 9.95. The number of carbonyl (C=O) groups excluding carboxylic acids is 2. The van der Waals surface area contributed by atoms with Crippen LogP contribution in [-0.4, -0.2) is 24.9 Å². The van der Waals surface area contributed by atoms with Crippen LogP contribution in [0.3, 0.4) is 0 Å². The molecule has 1 atom stereocenters. The number of amides is 2. The monoisotopic (exact) mass is 365 g/mol. The van der Waals surface area contributed by atoms with Gasteiger partial charge in [-0.3, -0.25) is 14.5 Å². The Morgan fingerprint density at radius 1 is 1.15 bits per heavy atom. The molecule has 142 valence electrons. The van der Waals surface area contributed by atoms with E-state index < -0.39 is 0 Å². The molecule has 0 radical (unpaired) electrons. The van der Waals surface area contributed by atoms with Gasteiger partial charge < -0.3 is 10.6 Å². The Bertz CT molecular complexity index is 815. The number of aryl methyl sites for hydroxylation is 1. The maximum atomic E-state index is 12.8. The summed E-state index contributed by atoms with van der Waals surface area (Å²) in [4.78, 5) is 26.3. The molecule has 0 aliphatic carbocycles. The van der Waals surface area contributed by atoms with Gasteiger partial charge in [0.05, 0.1) is 17.9 Å². The van der Waals surface area contributed by atoms with Crippen molar-refractivity contribution in [2.24, 2.45) is 5.92 Å². The highest BCUT2D eigenvalue weighted by atomic mass is 16.2. The summed E-state index contributed by atoms with van der Waals surface area (Å²) in [6.45, 7) is 6.65. The highest BCUT2D eigenvalue weighted by Gasteiger charge is 2.27. The number of rotatable bonds is 6. The molecule has 2 aromatic carbocycles. The van der Waals surface area contributed by atoms with Gasteiger partial charge in [0.2, 0.25) is 11.8 Å². The highest BCUT2D eigenvalue weighted by molar-refractivity contribution is 6.10. The van der Waals surface area contributed by atoms with Crippen molar-refractivity contribution >= 4 is 23.2 Å². The Hall–Kier alpha value is -2.66. The van der Waals surface area contributed by atoms with Crippen molar-refractivity contribution in [1.82, 2.24) is 5.32 Å². The summed E-state index contributed by atoms with van der Waals surface area (Å²) >= 11 is 0. The standard InChI is InChI=1S/C22H27N3O2/c1-4-16-9-11-17(12-10-16)22(15(2)3)23-13-21(27)25-14-20(26)24-18-7-5-6-8-19(18)25/h5-12,15,22-23H,4,13-14H2,1-3H3,(H,24,26)/t22-/m1/s1. The summed E-state index contributed by atoms with van der Waals surface area (Å²) in [6, 6.07) is 16.0. The van der Waals surface area contributed by atoms with Crippen molar-refractivity contribution in [3.8, 4) is 0 Å². The fourth-order valence-corrected chi connectivity index (χ4v) is 3.45. The van der Waals surface area contributed by atoms with Gasteiger partial charge in [0.1, 0.15) is 6.54 Å². The molecule has 3 rings (SSSR count). The predicted octanol–water partition coefficient (Wildman–Crippen LogP) is 3.52. The first kappa shape index (κ1) is 19.1. The molecule has 2 N–H and O–H groups in total. The molecule has 0 unspecified atom stereocenters. The normalized spacial score (nSPS) is 14.7.